The summed E-state index contributed by atoms with van der Waals surface area (Å²) < 4.78 is 13.9. The fourth-order valence-corrected chi connectivity index (χ4v) is 1.60. The van der Waals surface area contributed by atoms with Crippen LogP contribution in [0.25, 0.3) is 0 Å². The second kappa shape index (κ2) is 5.96. The number of aryl methyl sites for hydroxylation is 1. The number of benzene rings is 1. The van der Waals surface area contributed by atoms with Gasteiger partial charge in [-0.2, -0.15) is 0 Å². The van der Waals surface area contributed by atoms with Gasteiger partial charge in [-0.1, -0.05) is 6.92 Å². The normalized spacial score (nSPS) is 13.7. The molecule has 20 heavy (non-hydrogen) atoms. The standard InChI is InChI=1S/C13H17FN2O4/c1-4-13(3,7-17)15-12(18)10-6-9(16(19)20)5-8(2)11(10)14/h5-6,17H,4,7H2,1-3H3,(H,15,18). The lowest BCUT2D eigenvalue weighted by Gasteiger charge is -2.27. The first kappa shape index (κ1) is 16.0. The minimum atomic E-state index is -0.901. The van der Waals surface area contributed by atoms with Crippen molar-refractivity contribution < 1.29 is 19.2 Å². The van der Waals surface area contributed by atoms with Crippen LogP contribution >= 0.6 is 0 Å². The van der Waals surface area contributed by atoms with E-state index in [0.29, 0.717) is 6.42 Å². The number of hydrogen-bond donors (Lipinski definition) is 2. The third-order valence-electron chi connectivity index (χ3n) is 3.24. The molecule has 0 aromatic heterocycles. The zero-order valence-electron chi connectivity index (χ0n) is 11.6. The number of nitrogens with zero attached hydrogens (tertiary/aromatic N) is 1. The van der Waals surface area contributed by atoms with Gasteiger partial charge in [0.15, 0.2) is 0 Å². The van der Waals surface area contributed by atoms with Crippen LogP contribution in [0.5, 0.6) is 0 Å². The first-order valence-corrected chi connectivity index (χ1v) is 6.12. The number of halogens is 1. The van der Waals surface area contributed by atoms with Crippen molar-refractivity contribution in [2.75, 3.05) is 6.61 Å². The highest BCUT2D eigenvalue weighted by Crippen LogP contribution is 2.22. The number of non-ortho nitro benzene ring substituents is 1. The zero-order chi connectivity index (χ0) is 15.5. The summed E-state index contributed by atoms with van der Waals surface area (Å²) in [4.78, 5) is 22.1. The van der Waals surface area contributed by atoms with Crippen molar-refractivity contribution in [1.29, 1.82) is 0 Å². The van der Waals surface area contributed by atoms with Crippen LogP contribution in [0.4, 0.5) is 10.1 Å². The van der Waals surface area contributed by atoms with E-state index < -0.39 is 27.8 Å². The number of carbonyl (C=O) groups is 1. The second-order valence-electron chi connectivity index (χ2n) is 4.91. The molecule has 0 spiro atoms. The molecule has 1 amide bonds. The summed E-state index contributed by atoms with van der Waals surface area (Å²) in [6.45, 7) is 4.40. The summed E-state index contributed by atoms with van der Waals surface area (Å²) in [7, 11) is 0. The predicted molar refractivity (Wildman–Crippen MR) is 71.0 cm³/mol. The Labute approximate surface area is 115 Å². The van der Waals surface area contributed by atoms with Gasteiger partial charge in [0.05, 0.1) is 22.6 Å². The number of carbonyl (C=O) groups excluding carboxylic acids is 1. The summed E-state index contributed by atoms with van der Waals surface area (Å²) >= 11 is 0. The van der Waals surface area contributed by atoms with E-state index in [4.69, 9.17) is 0 Å². The Morgan fingerprint density at radius 2 is 2.15 bits per heavy atom. The van der Waals surface area contributed by atoms with Crippen LogP contribution in [0.1, 0.15) is 36.2 Å². The minimum Gasteiger partial charge on any atom is -0.394 e. The van der Waals surface area contributed by atoms with Crippen LogP contribution < -0.4 is 5.32 Å². The van der Waals surface area contributed by atoms with Gasteiger partial charge < -0.3 is 10.4 Å². The van der Waals surface area contributed by atoms with E-state index in [9.17, 15) is 24.4 Å². The molecule has 0 heterocycles. The van der Waals surface area contributed by atoms with Gasteiger partial charge in [0, 0.05) is 12.1 Å². The van der Waals surface area contributed by atoms with Crippen molar-refractivity contribution in [3.63, 3.8) is 0 Å². The van der Waals surface area contributed by atoms with E-state index in [1.54, 1.807) is 13.8 Å². The van der Waals surface area contributed by atoms with Crippen LogP contribution in [0.15, 0.2) is 12.1 Å². The lowest BCUT2D eigenvalue weighted by Crippen LogP contribution is -2.48. The largest absolute Gasteiger partial charge is 0.394 e. The Hall–Kier alpha value is -2.02. The fraction of sp³-hybridized carbons (Fsp3) is 0.462. The average Bonchev–Trinajstić information content (AvgIpc) is 2.41. The molecular weight excluding hydrogens is 267 g/mol. The molecule has 2 N–H and O–H groups in total. The van der Waals surface area contributed by atoms with Crippen molar-refractivity contribution >= 4 is 11.6 Å². The number of rotatable bonds is 5. The van der Waals surface area contributed by atoms with Gasteiger partial charge in [0.1, 0.15) is 5.82 Å². The number of nitrogens with one attached hydrogen (secondary N) is 1. The highest BCUT2D eigenvalue weighted by Gasteiger charge is 2.27. The van der Waals surface area contributed by atoms with Crippen molar-refractivity contribution in [3.8, 4) is 0 Å². The third kappa shape index (κ3) is 3.30. The highest BCUT2D eigenvalue weighted by atomic mass is 19.1. The fourth-order valence-electron chi connectivity index (χ4n) is 1.60. The van der Waals surface area contributed by atoms with Crippen LogP contribution in [0.3, 0.4) is 0 Å². The molecule has 1 aromatic rings. The molecule has 0 bridgehead atoms. The molecule has 7 heteroatoms. The third-order valence-corrected chi connectivity index (χ3v) is 3.24. The Bertz CT molecular complexity index is 541. The number of nitro benzene ring substituents is 1. The van der Waals surface area contributed by atoms with Gasteiger partial charge in [-0.3, -0.25) is 14.9 Å². The molecular formula is C13H17FN2O4. The van der Waals surface area contributed by atoms with Crippen LogP contribution in [-0.4, -0.2) is 28.1 Å². The maximum atomic E-state index is 13.9. The van der Waals surface area contributed by atoms with E-state index in [1.807, 2.05) is 0 Å². The van der Waals surface area contributed by atoms with E-state index >= 15 is 0 Å². The monoisotopic (exact) mass is 284 g/mol. The maximum Gasteiger partial charge on any atom is 0.270 e. The van der Waals surface area contributed by atoms with E-state index in [1.165, 1.54) is 6.92 Å². The van der Waals surface area contributed by atoms with Gasteiger partial charge in [0.25, 0.3) is 11.6 Å². The number of nitro groups is 1. The first-order chi connectivity index (χ1) is 9.24. The quantitative estimate of drug-likeness (QED) is 0.638. The molecule has 1 aromatic carbocycles. The predicted octanol–water partition coefficient (Wildman–Crippen LogP) is 1.93. The SMILES string of the molecule is CCC(C)(CO)NC(=O)c1cc([N+](=O)[O-])cc(C)c1F. The van der Waals surface area contributed by atoms with Crippen LogP contribution in [0.2, 0.25) is 0 Å². The Balaban J connectivity index is 3.19. The van der Waals surface area contributed by atoms with Gasteiger partial charge in [-0.05, 0) is 25.8 Å². The second-order valence-corrected chi connectivity index (χ2v) is 4.91. The smallest absolute Gasteiger partial charge is 0.270 e. The number of hydrogen-bond acceptors (Lipinski definition) is 4. The summed E-state index contributed by atoms with van der Waals surface area (Å²) in [6.07, 6.45) is 0.435. The lowest BCUT2D eigenvalue weighted by atomic mass is 9.99. The van der Waals surface area contributed by atoms with Gasteiger partial charge in [-0.15, -0.1) is 0 Å². The van der Waals surface area contributed by atoms with Crippen molar-refractivity contribution in [2.45, 2.75) is 32.7 Å². The van der Waals surface area contributed by atoms with Gasteiger partial charge in [0.2, 0.25) is 0 Å². The Morgan fingerprint density at radius 3 is 2.60 bits per heavy atom. The maximum absolute atomic E-state index is 13.9. The van der Waals surface area contributed by atoms with Crippen molar-refractivity contribution in [2.24, 2.45) is 0 Å². The molecule has 0 aliphatic carbocycles. The molecule has 1 unspecified atom stereocenters. The van der Waals surface area contributed by atoms with Crippen molar-refractivity contribution in [1.82, 2.24) is 5.32 Å². The molecule has 0 saturated heterocycles. The Morgan fingerprint density at radius 1 is 1.55 bits per heavy atom. The van der Waals surface area contributed by atoms with Gasteiger partial charge >= 0.3 is 0 Å². The molecule has 1 rings (SSSR count). The summed E-state index contributed by atoms with van der Waals surface area (Å²) in [5, 5.41) is 22.5. The molecule has 6 nitrogen and oxygen atoms in total. The Kier molecular flexibility index (Phi) is 4.78. The van der Waals surface area contributed by atoms with E-state index in [2.05, 4.69) is 5.32 Å². The molecule has 0 radical (unpaired) electrons. The van der Waals surface area contributed by atoms with E-state index in [0.717, 1.165) is 12.1 Å². The number of aliphatic hydroxyl groups excluding tert-OH is 1. The van der Waals surface area contributed by atoms with Crippen LogP contribution in [0, 0.1) is 22.9 Å². The number of aliphatic hydroxyl groups is 1. The topological polar surface area (TPSA) is 92.5 Å². The van der Waals surface area contributed by atoms with Gasteiger partial charge in [-0.25, -0.2) is 4.39 Å². The van der Waals surface area contributed by atoms with E-state index in [-0.39, 0.29) is 17.9 Å². The molecule has 1 atom stereocenters. The van der Waals surface area contributed by atoms with Crippen molar-refractivity contribution in [3.05, 3.63) is 39.2 Å². The highest BCUT2D eigenvalue weighted by molar-refractivity contribution is 5.95. The molecule has 110 valence electrons. The average molecular weight is 284 g/mol. The molecule has 0 fully saturated rings. The lowest BCUT2D eigenvalue weighted by molar-refractivity contribution is -0.385. The summed E-state index contributed by atoms with van der Waals surface area (Å²) in [5.74, 6) is -1.59. The molecule has 0 aliphatic heterocycles. The zero-order valence-corrected chi connectivity index (χ0v) is 11.6. The first-order valence-electron chi connectivity index (χ1n) is 6.12. The summed E-state index contributed by atoms with van der Waals surface area (Å²) in [6, 6.07) is 1.96. The summed E-state index contributed by atoms with van der Waals surface area (Å²) in [5.41, 5.74) is -1.63. The van der Waals surface area contributed by atoms with Crippen LogP contribution in [-0.2, 0) is 0 Å². The molecule has 0 saturated carbocycles. The molecule has 0 aliphatic rings. The number of amides is 1. The minimum absolute atomic E-state index is 0.0200.